The van der Waals surface area contributed by atoms with Crippen LogP contribution in [0.15, 0.2) is 41.3 Å². The van der Waals surface area contributed by atoms with E-state index in [2.05, 4.69) is 0 Å². The summed E-state index contributed by atoms with van der Waals surface area (Å²) >= 11 is 0. The van der Waals surface area contributed by atoms with E-state index in [1.54, 1.807) is 6.07 Å². The Morgan fingerprint density at radius 3 is 2.33 bits per heavy atom. The Hall–Kier alpha value is -2.33. The lowest BCUT2D eigenvalue weighted by molar-refractivity contribution is 0.552. The number of hydrogen-bond donors (Lipinski definition) is 0. The standard InChI is InChI=1S/C14H8F3NO2S/c15-11-2-4-13(17)14(6-11)21(19,20)8-9-1-3-12(16)10(5-9)7-18/h1-6H,8H2. The van der Waals surface area contributed by atoms with Crippen molar-refractivity contribution in [3.63, 3.8) is 0 Å². The van der Waals surface area contributed by atoms with E-state index >= 15 is 0 Å². The summed E-state index contributed by atoms with van der Waals surface area (Å²) in [5.41, 5.74) is -0.209. The van der Waals surface area contributed by atoms with Crippen molar-refractivity contribution >= 4 is 9.84 Å². The summed E-state index contributed by atoms with van der Waals surface area (Å²) in [6.07, 6.45) is 0. The molecule has 0 saturated heterocycles. The molecule has 0 radical (unpaired) electrons. The molecule has 0 unspecified atom stereocenters. The van der Waals surface area contributed by atoms with Crippen molar-refractivity contribution in [3.05, 3.63) is 65.0 Å². The topological polar surface area (TPSA) is 57.9 Å². The molecule has 0 aliphatic rings. The molecule has 0 fully saturated rings. The molecule has 3 nitrogen and oxygen atoms in total. The van der Waals surface area contributed by atoms with Crippen LogP contribution in [0.5, 0.6) is 0 Å². The first-order valence-electron chi connectivity index (χ1n) is 5.70. The summed E-state index contributed by atoms with van der Waals surface area (Å²) in [5, 5.41) is 8.69. The zero-order valence-corrected chi connectivity index (χ0v) is 11.3. The Morgan fingerprint density at radius 1 is 1.00 bits per heavy atom. The van der Waals surface area contributed by atoms with Gasteiger partial charge in [0, 0.05) is 0 Å². The van der Waals surface area contributed by atoms with Gasteiger partial charge in [0.25, 0.3) is 0 Å². The Kier molecular flexibility index (Phi) is 4.00. The zero-order chi connectivity index (χ0) is 15.6. The second-order valence-electron chi connectivity index (χ2n) is 4.26. The lowest BCUT2D eigenvalue weighted by Crippen LogP contribution is -2.08. The second-order valence-corrected chi connectivity index (χ2v) is 6.22. The molecule has 0 heterocycles. The van der Waals surface area contributed by atoms with Gasteiger partial charge in [0.15, 0.2) is 9.84 Å². The first-order chi connectivity index (χ1) is 9.83. The molecule has 0 atom stereocenters. The van der Waals surface area contributed by atoms with Gasteiger partial charge in [-0.2, -0.15) is 5.26 Å². The predicted molar refractivity (Wildman–Crippen MR) is 68.4 cm³/mol. The highest BCUT2D eigenvalue weighted by Crippen LogP contribution is 2.21. The zero-order valence-electron chi connectivity index (χ0n) is 10.5. The fourth-order valence-electron chi connectivity index (χ4n) is 1.76. The minimum atomic E-state index is -4.15. The van der Waals surface area contributed by atoms with E-state index < -0.39 is 37.9 Å². The maximum atomic E-state index is 13.5. The van der Waals surface area contributed by atoms with E-state index in [-0.39, 0.29) is 11.1 Å². The largest absolute Gasteiger partial charge is 0.223 e. The van der Waals surface area contributed by atoms with Gasteiger partial charge in [-0.15, -0.1) is 0 Å². The first kappa shape index (κ1) is 15.1. The maximum Gasteiger partial charge on any atom is 0.185 e. The Balaban J connectivity index is 2.43. The van der Waals surface area contributed by atoms with Crippen molar-refractivity contribution in [2.75, 3.05) is 0 Å². The molecule has 108 valence electrons. The Bertz CT molecular complexity index is 842. The number of nitrogens with zero attached hydrogens (tertiary/aromatic N) is 1. The molecule has 2 aromatic carbocycles. The monoisotopic (exact) mass is 311 g/mol. The van der Waals surface area contributed by atoms with E-state index in [0.29, 0.717) is 12.1 Å². The summed E-state index contributed by atoms with van der Waals surface area (Å²) in [6.45, 7) is 0. The number of hydrogen-bond acceptors (Lipinski definition) is 3. The third-order valence-corrected chi connectivity index (χ3v) is 4.43. The van der Waals surface area contributed by atoms with Gasteiger partial charge >= 0.3 is 0 Å². The summed E-state index contributed by atoms with van der Waals surface area (Å²) in [4.78, 5) is -0.773. The highest BCUT2D eigenvalue weighted by Gasteiger charge is 2.21. The molecule has 0 bridgehead atoms. The maximum absolute atomic E-state index is 13.5. The molecule has 0 aromatic heterocycles. The van der Waals surface area contributed by atoms with Crippen LogP contribution in [0.25, 0.3) is 0 Å². The molecular formula is C14H8F3NO2S. The van der Waals surface area contributed by atoms with E-state index in [0.717, 1.165) is 18.2 Å². The number of sulfone groups is 1. The number of rotatable bonds is 3. The van der Waals surface area contributed by atoms with Gasteiger partial charge in [-0.05, 0) is 35.9 Å². The summed E-state index contributed by atoms with van der Waals surface area (Å²) in [6, 6.07) is 6.86. The summed E-state index contributed by atoms with van der Waals surface area (Å²) in [5.74, 6) is -3.40. The predicted octanol–water partition coefficient (Wildman–Crippen LogP) is 2.95. The van der Waals surface area contributed by atoms with Gasteiger partial charge < -0.3 is 0 Å². The van der Waals surface area contributed by atoms with Crippen molar-refractivity contribution in [1.29, 1.82) is 5.26 Å². The lowest BCUT2D eigenvalue weighted by Gasteiger charge is -2.07. The van der Waals surface area contributed by atoms with Gasteiger partial charge in [-0.1, -0.05) is 6.07 Å². The SMILES string of the molecule is N#Cc1cc(CS(=O)(=O)c2cc(F)ccc2F)ccc1F. The van der Waals surface area contributed by atoms with Crippen molar-refractivity contribution in [2.45, 2.75) is 10.6 Å². The van der Waals surface area contributed by atoms with Crippen molar-refractivity contribution in [2.24, 2.45) is 0 Å². The Labute approximate surface area is 119 Å². The average molecular weight is 311 g/mol. The summed E-state index contributed by atoms with van der Waals surface area (Å²) < 4.78 is 63.9. The molecule has 0 amide bonds. The van der Waals surface area contributed by atoms with Crippen LogP contribution < -0.4 is 0 Å². The van der Waals surface area contributed by atoms with Gasteiger partial charge in [-0.25, -0.2) is 21.6 Å². The van der Waals surface area contributed by atoms with Gasteiger partial charge in [0.2, 0.25) is 0 Å². The number of halogens is 3. The molecule has 0 spiro atoms. The van der Waals surface area contributed by atoms with E-state index in [9.17, 15) is 21.6 Å². The molecule has 0 saturated carbocycles. The molecule has 0 N–H and O–H groups in total. The van der Waals surface area contributed by atoms with Crippen LogP contribution in [0.4, 0.5) is 13.2 Å². The highest BCUT2D eigenvalue weighted by atomic mass is 32.2. The molecule has 0 aliphatic carbocycles. The normalized spacial score (nSPS) is 11.1. The third-order valence-electron chi connectivity index (χ3n) is 2.74. The number of nitriles is 1. The second kappa shape index (κ2) is 5.58. The van der Waals surface area contributed by atoms with Crippen molar-refractivity contribution < 1.29 is 21.6 Å². The van der Waals surface area contributed by atoms with E-state index in [1.807, 2.05) is 0 Å². The van der Waals surface area contributed by atoms with Crippen LogP contribution >= 0.6 is 0 Å². The fraction of sp³-hybridized carbons (Fsp3) is 0.0714. The van der Waals surface area contributed by atoms with Crippen LogP contribution in [0.1, 0.15) is 11.1 Å². The lowest BCUT2D eigenvalue weighted by atomic mass is 10.1. The number of benzene rings is 2. The van der Waals surface area contributed by atoms with Crippen LogP contribution in [0.3, 0.4) is 0 Å². The minimum Gasteiger partial charge on any atom is -0.223 e. The Morgan fingerprint density at radius 2 is 1.67 bits per heavy atom. The van der Waals surface area contributed by atoms with Crippen molar-refractivity contribution in [3.8, 4) is 6.07 Å². The van der Waals surface area contributed by atoms with Crippen LogP contribution in [-0.4, -0.2) is 8.42 Å². The van der Waals surface area contributed by atoms with Crippen molar-refractivity contribution in [1.82, 2.24) is 0 Å². The molecule has 21 heavy (non-hydrogen) atoms. The van der Waals surface area contributed by atoms with E-state index in [4.69, 9.17) is 5.26 Å². The average Bonchev–Trinajstić information content (AvgIpc) is 2.43. The third kappa shape index (κ3) is 3.23. The van der Waals surface area contributed by atoms with Gasteiger partial charge in [-0.3, -0.25) is 0 Å². The molecule has 2 aromatic rings. The minimum absolute atomic E-state index is 0.108. The molecular weight excluding hydrogens is 303 g/mol. The highest BCUT2D eigenvalue weighted by molar-refractivity contribution is 7.90. The summed E-state index contributed by atoms with van der Waals surface area (Å²) in [7, 11) is -4.15. The van der Waals surface area contributed by atoms with Gasteiger partial charge in [0.05, 0.1) is 11.3 Å². The van der Waals surface area contributed by atoms with Gasteiger partial charge in [0.1, 0.15) is 28.4 Å². The molecule has 2 rings (SSSR count). The fourth-order valence-corrected chi connectivity index (χ4v) is 3.19. The molecule has 0 aliphatic heterocycles. The quantitative estimate of drug-likeness (QED) is 0.875. The molecule has 7 heteroatoms. The smallest absolute Gasteiger partial charge is 0.185 e. The van der Waals surface area contributed by atoms with Crippen LogP contribution in [-0.2, 0) is 15.6 Å². The van der Waals surface area contributed by atoms with E-state index in [1.165, 1.54) is 6.07 Å². The van der Waals surface area contributed by atoms with Crippen LogP contribution in [0.2, 0.25) is 0 Å². The van der Waals surface area contributed by atoms with Crippen LogP contribution in [0, 0.1) is 28.8 Å². The first-order valence-corrected chi connectivity index (χ1v) is 7.35.